The second-order valence-electron chi connectivity index (χ2n) is 5.50. The molecule has 0 radical (unpaired) electrons. The Kier molecular flexibility index (Phi) is 5.19. The fraction of sp³-hybridized carbons (Fsp3) is 0.333. The van der Waals surface area contributed by atoms with E-state index >= 15 is 0 Å². The van der Waals surface area contributed by atoms with Gasteiger partial charge in [0, 0.05) is 24.8 Å². The molecule has 2 rings (SSSR count). The van der Waals surface area contributed by atoms with Crippen LogP contribution in [-0.4, -0.2) is 17.5 Å². The molecule has 2 aromatic carbocycles. The van der Waals surface area contributed by atoms with E-state index in [-0.39, 0.29) is 0 Å². The lowest BCUT2D eigenvalue weighted by molar-refractivity contribution is 0.215. The summed E-state index contributed by atoms with van der Waals surface area (Å²) in [4.78, 5) is 2.49. The fourth-order valence-electron chi connectivity index (χ4n) is 2.36. The van der Waals surface area contributed by atoms with Gasteiger partial charge in [-0.05, 0) is 37.5 Å². The highest BCUT2D eigenvalue weighted by atomic mass is 15.1. The van der Waals surface area contributed by atoms with Crippen LogP contribution >= 0.6 is 0 Å². The number of hydrogen-bond acceptors (Lipinski definition) is 2. The molecule has 106 valence electrons. The van der Waals surface area contributed by atoms with Crippen LogP contribution in [-0.2, 0) is 13.0 Å². The van der Waals surface area contributed by atoms with Gasteiger partial charge >= 0.3 is 0 Å². The summed E-state index contributed by atoms with van der Waals surface area (Å²) in [6.45, 7) is 6.51. The van der Waals surface area contributed by atoms with E-state index < -0.39 is 0 Å². The Hall–Kier alpha value is -1.80. The molecule has 20 heavy (non-hydrogen) atoms. The van der Waals surface area contributed by atoms with Crippen molar-refractivity contribution in [3.63, 3.8) is 0 Å². The van der Waals surface area contributed by atoms with Crippen LogP contribution in [0, 0.1) is 0 Å². The van der Waals surface area contributed by atoms with Gasteiger partial charge in [0.25, 0.3) is 0 Å². The lowest BCUT2D eigenvalue weighted by Crippen LogP contribution is -2.32. The van der Waals surface area contributed by atoms with Crippen LogP contribution in [0.4, 0.5) is 5.69 Å². The van der Waals surface area contributed by atoms with Gasteiger partial charge < -0.3 is 5.73 Å². The van der Waals surface area contributed by atoms with E-state index in [9.17, 15) is 0 Å². The van der Waals surface area contributed by atoms with Gasteiger partial charge in [0.15, 0.2) is 0 Å². The normalized spacial score (nSPS) is 11.2. The van der Waals surface area contributed by atoms with E-state index in [2.05, 4.69) is 61.2 Å². The van der Waals surface area contributed by atoms with Crippen LogP contribution in [0.3, 0.4) is 0 Å². The lowest BCUT2D eigenvalue weighted by atomic mass is 10.1. The maximum Gasteiger partial charge on any atom is 0.0347 e. The van der Waals surface area contributed by atoms with E-state index in [1.54, 1.807) is 0 Å². The van der Waals surface area contributed by atoms with Crippen LogP contribution < -0.4 is 5.73 Å². The second kappa shape index (κ2) is 7.11. The number of nitrogens with zero attached hydrogens (tertiary/aromatic N) is 1. The largest absolute Gasteiger partial charge is 0.399 e. The molecule has 0 bridgehead atoms. The third-order valence-corrected chi connectivity index (χ3v) is 3.68. The minimum absolute atomic E-state index is 0.528. The van der Waals surface area contributed by atoms with Crippen LogP contribution in [0.5, 0.6) is 0 Å². The SMILES string of the molecule is CC(C)N(CCc1ccccc1N)Cc1ccccc1. The van der Waals surface area contributed by atoms with Gasteiger partial charge in [-0.15, -0.1) is 0 Å². The summed E-state index contributed by atoms with van der Waals surface area (Å²) in [5.74, 6) is 0. The average Bonchev–Trinajstić information content (AvgIpc) is 2.46. The third kappa shape index (κ3) is 4.10. The molecule has 0 unspecified atom stereocenters. The van der Waals surface area contributed by atoms with Crippen LogP contribution in [0.25, 0.3) is 0 Å². The van der Waals surface area contributed by atoms with Gasteiger partial charge in [-0.2, -0.15) is 0 Å². The van der Waals surface area contributed by atoms with Crippen molar-refractivity contribution in [3.8, 4) is 0 Å². The predicted molar refractivity (Wildman–Crippen MR) is 86.5 cm³/mol. The molecule has 2 nitrogen and oxygen atoms in total. The molecular weight excluding hydrogens is 244 g/mol. The lowest BCUT2D eigenvalue weighted by Gasteiger charge is -2.26. The van der Waals surface area contributed by atoms with E-state index in [1.807, 2.05) is 12.1 Å². The van der Waals surface area contributed by atoms with Gasteiger partial charge in [0.2, 0.25) is 0 Å². The standard InChI is InChI=1S/C18H24N2/c1-15(2)20(14-16-8-4-3-5-9-16)13-12-17-10-6-7-11-18(17)19/h3-11,15H,12-14,19H2,1-2H3. The van der Waals surface area contributed by atoms with Crippen molar-refractivity contribution in [2.75, 3.05) is 12.3 Å². The summed E-state index contributed by atoms with van der Waals surface area (Å²) in [6, 6.07) is 19.3. The number of nitrogens with two attached hydrogens (primary N) is 1. The number of anilines is 1. The molecule has 2 aromatic rings. The highest BCUT2D eigenvalue weighted by Gasteiger charge is 2.10. The van der Waals surface area contributed by atoms with Gasteiger partial charge in [0.1, 0.15) is 0 Å². The number of nitrogen functional groups attached to an aromatic ring is 1. The Morgan fingerprint density at radius 1 is 0.950 bits per heavy atom. The van der Waals surface area contributed by atoms with Gasteiger partial charge in [-0.1, -0.05) is 48.5 Å². The molecule has 2 N–H and O–H groups in total. The first-order chi connectivity index (χ1) is 9.66. The molecule has 2 heteroatoms. The van der Waals surface area contributed by atoms with Crippen LogP contribution in [0.15, 0.2) is 54.6 Å². The van der Waals surface area contributed by atoms with Crippen molar-refractivity contribution < 1.29 is 0 Å². The second-order valence-corrected chi connectivity index (χ2v) is 5.50. The van der Waals surface area contributed by atoms with E-state index in [0.29, 0.717) is 6.04 Å². The Balaban J connectivity index is 1.98. The molecule has 0 saturated heterocycles. The first-order valence-corrected chi connectivity index (χ1v) is 7.28. The smallest absolute Gasteiger partial charge is 0.0347 e. The first-order valence-electron chi connectivity index (χ1n) is 7.28. The fourth-order valence-corrected chi connectivity index (χ4v) is 2.36. The zero-order valence-electron chi connectivity index (χ0n) is 12.4. The Morgan fingerprint density at radius 3 is 2.25 bits per heavy atom. The maximum atomic E-state index is 6.02. The van der Waals surface area contributed by atoms with Crippen molar-refractivity contribution >= 4 is 5.69 Å². The highest BCUT2D eigenvalue weighted by Crippen LogP contribution is 2.14. The topological polar surface area (TPSA) is 29.3 Å². The number of rotatable bonds is 6. The van der Waals surface area contributed by atoms with E-state index in [0.717, 1.165) is 25.2 Å². The van der Waals surface area contributed by atoms with Crippen LogP contribution in [0.2, 0.25) is 0 Å². The number of para-hydroxylation sites is 1. The van der Waals surface area contributed by atoms with Crippen molar-refractivity contribution in [2.45, 2.75) is 32.9 Å². The number of benzene rings is 2. The summed E-state index contributed by atoms with van der Waals surface area (Å²) in [7, 11) is 0. The van der Waals surface area contributed by atoms with E-state index in [4.69, 9.17) is 5.73 Å². The Labute approximate surface area is 122 Å². The average molecular weight is 268 g/mol. The summed E-state index contributed by atoms with van der Waals surface area (Å²) >= 11 is 0. The first kappa shape index (κ1) is 14.6. The molecule has 0 amide bonds. The molecule has 0 aromatic heterocycles. The molecule has 0 aliphatic carbocycles. The zero-order chi connectivity index (χ0) is 14.4. The van der Waals surface area contributed by atoms with E-state index in [1.165, 1.54) is 11.1 Å². The van der Waals surface area contributed by atoms with Gasteiger partial charge in [0.05, 0.1) is 0 Å². The molecule has 0 saturated carbocycles. The molecule has 0 atom stereocenters. The third-order valence-electron chi connectivity index (χ3n) is 3.68. The quantitative estimate of drug-likeness (QED) is 0.809. The van der Waals surface area contributed by atoms with Crippen LogP contribution in [0.1, 0.15) is 25.0 Å². The predicted octanol–water partition coefficient (Wildman–Crippen LogP) is 3.72. The molecule has 0 aliphatic rings. The minimum Gasteiger partial charge on any atom is -0.399 e. The summed E-state index contributed by atoms with van der Waals surface area (Å²) in [6.07, 6.45) is 0.998. The Morgan fingerprint density at radius 2 is 1.60 bits per heavy atom. The van der Waals surface area contributed by atoms with Crippen molar-refractivity contribution in [1.82, 2.24) is 4.90 Å². The van der Waals surface area contributed by atoms with Gasteiger partial charge in [-0.3, -0.25) is 4.90 Å². The maximum absolute atomic E-state index is 6.02. The molecule has 0 spiro atoms. The highest BCUT2D eigenvalue weighted by molar-refractivity contribution is 5.46. The summed E-state index contributed by atoms with van der Waals surface area (Å²) in [5, 5.41) is 0. The van der Waals surface area contributed by atoms with Crippen molar-refractivity contribution in [2.24, 2.45) is 0 Å². The molecular formula is C18H24N2. The molecule has 0 fully saturated rings. The summed E-state index contributed by atoms with van der Waals surface area (Å²) < 4.78 is 0. The monoisotopic (exact) mass is 268 g/mol. The zero-order valence-corrected chi connectivity index (χ0v) is 12.4. The van der Waals surface area contributed by atoms with Crippen molar-refractivity contribution in [1.29, 1.82) is 0 Å². The minimum atomic E-state index is 0.528. The van der Waals surface area contributed by atoms with Crippen molar-refractivity contribution in [3.05, 3.63) is 65.7 Å². The summed E-state index contributed by atoms with van der Waals surface area (Å²) in [5.41, 5.74) is 9.52. The van der Waals surface area contributed by atoms with Gasteiger partial charge in [-0.25, -0.2) is 0 Å². The molecule has 0 aliphatic heterocycles. The Bertz CT molecular complexity index is 520. The number of hydrogen-bond donors (Lipinski definition) is 1. The molecule has 0 heterocycles.